The van der Waals surface area contributed by atoms with E-state index in [-0.39, 0.29) is 18.1 Å². The summed E-state index contributed by atoms with van der Waals surface area (Å²) in [5.74, 6) is 2.76. The minimum atomic E-state index is -0.332. The minimum Gasteiger partial charge on any atom is -0.326 e. The number of Topliss-reactive ketones (excluding diaryl/α,β-unsaturated/α-hetero) is 1. The minimum absolute atomic E-state index is 0.192. The van der Waals surface area contributed by atoms with Crippen LogP contribution in [0.25, 0.3) is 0 Å². The van der Waals surface area contributed by atoms with Gasteiger partial charge in [-0.25, -0.2) is 4.98 Å². The molecular weight excluding hydrogens is 462 g/mol. The van der Waals surface area contributed by atoms with Gasteiger partial charge in [0.15, 0.2) is 5.78 Å². The number of nitrogens with zero attached hydrogens (tertiary/aromatic N) is 3. The molecule has 5 rings (SSSR count). The Morgan fingerprint density at radius 3 is 1.78 bits per heavy atom. The molecular formula is C30H35N5O2. The predicted molar refractivity (Wildman–Crippen MR) is 145 cm³/mol. The standard InChI is InChI=1S/C30H35N5O2/c36-26(21-10-4-1-5-11-21)20-27(37)31-24-16-18-25(19-17-24)32-30-34-28(22-12-6-2-7-13-22)33-29(35-30)23-14-8-3-9-15-23/h1,4-5,10-11,16-19,22-23H,2-3,6-9,12-15,20H2,(H,31,37)(H,32,33,34,35). The monoisotopic (exact) mass is 497 g/mol. The number of hydrogen-bond acceptors (Lipinski definition) is 6. The van der Waals surface area contributed by atoms with E-state index in [1.54, 1.807) is 24.3 Å². The number of nitrogens with one attached hydrogen (secondary N) is 2. The second-order valence-electron chi connectivity index (χ2n) is 10.3. The molecule has 0 aliphatic heterocycles. The summed E-state index contributed by atoms with van der Waals surface area (Å²) in [7, 11) is 0. The van der Waals surface area contributed by atoms with Crippen molar-refractivity contribution in [2.45, 2.75) is 82.5 Å². The Hall–Kier alpha value is -3.61. The van der Waals surface area contributed by atoms with Crippen molar-refractivity contribution in [2.24, 2.45) is 0 Å². The van der Waals surface area contributed by atoms with Crippen LogP contribution in [0.4, 0.5) is 17.3 Å². The molecule has 2 N–H and O–H groups in total. The molecule has 1 amide bonds. The molecule has 0 spiro atoms. The van der Waals surface area contributed by atoms with Crippen LogP contribution in [0, 0.1) is 0 Å². The Kier molecular flexibility index (Phi) is 8.18. The van der Waals surface area contributed by atoms with Crippen LogP contribution < -0.4 is 10.6 Å². The van der Waals surface area contributed by atoms with Gasteiger partial charge in [-0.2, -0.15) is 9.97 Å². The maximum Gasteiger partial charge on any atom is 0.232 e. The van der Waals surface area contributed by atoms with Crippen molar-refractivity contribution in [1.29, 1.82) is 0 Å². The van der Waals surface area contributed by atoms with Gasteiger partial charge in [0.25, 0.3) is 0 Å². The lowest BCUT2D eigenvalue weighted by Gasteiger charge is -2.24. The highest BCUT2D eigenvalue weighted by Gasteiger charge is 2.24. The predicted octanol–water partition coefficient (Wildman–Crippen LogP) is 6.92. The van der Waals surface area contributed by atoms with E-state index in [1.807, 2.05) is 30.3 Å². The second-order valence-corrected chi connectivity index (χ2v) is 10.3. The van der Waals surface area contributed by atoms with E-state index in [9.17, 15) is 9.59 Å². The molecule has 0 saturated heterocycles. The van der Waals surface area contributed by atoms with Crippen LogP contribution in [0.2, 0.25) is 0 Å². The van der Waals surface area contributed by atoms with Crippen LogP contribution in [0.3, 0.4) is 0 Å². The maximum atomic E-state index is 12.4. The quantitative estimate of drug-likeness (QED) is 0.259. The summed E-state index contributed by atoms with van der Waals surface area (Å²) in [5.41, 5.74) is 2.02. The third-order valence-electron chi connectivity index (χ3n) is 7.45. The molecule has 1 heterocycles. The molecule has 2 fully saturated rings. The van der Waals surface area contributed by atoms with Crippen molar-refractivity contribution in [3.05, 3.63) is 71.8 Å². The molecule has 0 atom stereocenters. The van der Waals surface area contributed by atoms with Crippen LogP contribution in [0.15, 0.2) is 54.6 Å². The smallest absolute Gasteiger partial charge is 0.232 e. The lowest BCUT2D eigenvalue weighted by molar-refractivity contribution is -0.115. The van der Waals surface area contributed by atoms with Crippen molar-refractivity contribution in [3.8, 4) is 0 Å². The highest BCUT2D eigenvalue weighted by atomic mass is 16.2. The van der Waals surface area contributed by atoms with E-state index < -0.39 is 0 Å². The van der Waals surface area contributed by atoms with Gasteiger partial charge in [0, 0.05) is 28.8 Å². The first kappa shape index (κ1) is 25.1. The summed E-state index contributed by atoms with van der Waals surface area (Å²) in [6.45, 7) is 0. The Balaban J connectivity index is 1.26. The Bertz CT molecular complexity index is 1160. The molecule has 37 heavy (non-hydrogen) atoms. The van der Waals surface area contributed by atoms with Gasteiger partial charge in [-0.15, -0.1) is 0 Å². The van der Waals surface area contributed by atoms with Gasteiger partial charge in [0.05, 0.1) is 6.42 Å². The Morgan fingerprint density at radius 2 is 1.22 bits per heavy atom. The summed E-state index contributed by atoms with van der Waals surface area (Å²) in [6.07, 6.45) is 11.9. The van der Waals surface area contributed by atoms with E-state index in [4.69, 9.17) is 15.0 Å². The number of ketones is 1. The third kappa shape index (κ3) is 6.79. The van der Waals surface area contributed by atoms with Crippen molar-refractivity contribution in [3.63, 3.8) is 0 Å². The van der Waals surface area contributed by atoms with Gasteiger partial charge in [0.2, 0.25) is 11.9 Å². The average Bonchev–Trinajstić information content (AvgIpc) is 2.95. The van der Waals surface area contributed by atoms with E-state index in [0.717, 1.165) is 43.0 Å². The summed E-state index contributed by atoms with van der Waals surface area (Å²) in [6, 6.07) is 16.3. The molecule has 2 aliphatic rings. The normalized spacial score (nSPS) is 16.8. The fourth-order valence-corrected chi connectivity index (χ4v) is 5.40. The molecule has 0 unspecified atom stereocenters. The number of rotatable bonds is 8. The molecule has 3 aromatic rings. The van der Waals surface area contributed by atoms with Gasteiger partial charge in [-0.05, 0) is 49.9 Å². The van der Waals surface area contributed by atoms with Crippen molar-refractivity contribution in [2.75, 3.05) is 10.6 Å². The zero-order chi connectivity index (χ0) is 25.5. The highest BCUT2D eigenvalue weighted by Crippen LogP contribution is 2.35. The van der Waals surface area contributed by atoms with Crippen molar-refractivity contribution < 1.29 is 9.59 Å². The first-order valence-corrected chi connectivity index (χ1v) is 13.6. The number of anilines is 3. The van der Waals surface area contributed by atoms with Crippen LogP contribution in [-0.2, 0) is 4.79 Å². The van der Waals surface area contributed by atoms with Gasteiger partial charge in [-0.3, -0.25) is 9.59 Å². The molecule has 0 radical (unpaired) electrons. The Labute approximate surface area is 218 Å². The second kappa shape index (κ2) is 12.1. The molecule has 7 nitrogen and oxygen atoms in total. The summed E-state index contributed by atoms with van der Waals surface area (Å²) < 4.78 is 0. The molecule has 192 valence electrons. The number of benzene rings is 2. The molecule has 2 saturated carbocycles. The van der Waals surface area contributed by atoms with Gasteiger partial charge < -0.3 is 10.6 Å². The van der Waals surface area contributed by atoms with Crippen LogP contribution >= 0.6 is 0 Å². The lowest BCUT2D eigenvalue weighted by atomic mass is 9.87. The molecule has 7 heteroatoms. The fourth-order valence-electron chi connectivity index (χ4n) is 5.40. The highest BCUT2D eigenvalue weighted by molar-refractivity contribution is 6.11. The molecule has 2 aliphatic carbocycles. The third-order valence-corrected chi connectivity index (χ3v) is 7.45. The summed E-state index contributed by atoms with van der Waals surface area (Å²) in [4.78, 5) is 39.3. The zero-order valence-corrected chi connectivity index (χ0v) is 21.3. The van der Waals surface area contributed by atoms with Gasteiger partial charge in [0.1, 0.15) is 11.6 Å². The average molecular weight is 498 g/mol. The number of hydrogen-bond donors (Lipinski definition) is 2. The van der Waals surface area contributed by atoms with Gasteiger partial charge >= 0.3 is 0 Å². The SMILES string of the molecule is O=C(CC(=O)c1ccccc1)Nc1ccc(Nc2nc(C3CCCCC3)nc(C3CCCCC3)n2)cc1. The zero-order valence-electron chi connectivity index (χ0n) is 21.3. The summed E-state index contributed by atoms with van der Waals surface area (Å²) >= 11 is 0. The first-order valence-electron chi connectivity index (χ1n) is 13.6. The number of carbonyl (C=O) groups is 2. The van der Waals surface area contributed by atoms with E-state index >= 15 is 0 Å². The van der Waals surface area contributed by atoms with E-state index in [2.05, 4.69) is 10.6 Å². The largest absolute Gasteiger partial charge is 0.326 e. The van der Waals surface area contributed by atoms with E-state index in [1.165, 1.54) is 38.5 Å². The lowest BCUT2D eigenvalue weighted by Crippen LogP contribution is -2.17. The number of carbonyl (C=O) groups excluding carboxylic acids is 2. The topological polar surface area (TPSA) is 96.9 Å². The number of aromatic nitrogens is 3. The number of amides is 1. The van der Waals surface area contributed by atoms with Gasteiger partial charge in [-0.1, -0.05) is 68.9 Å². The first-order chi connectivity index (χ1) is 18.1. The summed E-state index contributed by atoms with van der Waals surface area (Å²) in [5, 5.41) is 6.18. The molecule has 2 aromatic carbocycles. The van der Waals surface area contributed by atoms with Crippen molar-refractivity contribution in [1.82, 2.24) is 15.0 Å². The van der Waals surface area contributed by atoms with Crippen LogP contribution in [0.5, 0.6) is 0 Å². The van der Waals surface area contributed by atoms with Crippen LogP contribution in [-0.4, -0.2) is 26.6 Å². The van der Waals surface area contributed by atoms with E-state index in [0.29, 0.717) is 29.0 Å². The van der Waals surface area contributed by atoms with Crippen LogP contribution in [0.1, 0.15) is 104 Å². The molecule has 0 bridgehead atoms. The maximum absolute atomic E-state index is 12.4. The van der Waals surface area contributed by atoms with Crippen molar-refractivity contribution >= 4 is 29.0 Å². The fraction of sp³-hybridized carbons (Fsp3) is 0.433. The molecule has 1 aromatic heterocycles. The Morgan fingerprint density at radius 1 is 0.676 bits per heavy atom.